The van der Waals surface area contributed by atoms with E-state index in [0.717, 1.165) is 0 Å². The lowest BCUT2D eigenvalue weighted by Gasteiger charge is -2.27. The van der Waals surface area contributed by atoms with Crippen LogP contribution in [0.15, 0.2) is 75.8 Å². The smallest absolute Gasteiger partial charge is 0.338 e. The summed E-state index contributed by atoms with van der Waals surface area (Å²) < 4.78 is 36.2. The summed E-state index contributed by atoms with van der Waals surface area (Å²) in [6.45, 7) is 3.32. The lowest BCUT2D eigenvalue weighted by Crippen LogP contribution is -2.25. The van der Waals surface area contributed by atoms with Gasteiger partial charge in [-0.25, -0.2) is 9.18 Å². The summed E-state index contributed by atoms with van der Waals surface area (Å²) in [6, 6.07) is 15.1. The molecule has 0 amide bonds. The Morgan fingerprint density at radius 3 is 2.74 bits per heavy atom. The molecule has 0 saturated carbocycles. The van der Waals surface area contributed by atoms with Crippen molar-refractivity contribution in [3.05, 3.63) is 88.6 Å². The van der Waals surface area contributed by atoms with Gasteiger partial charge in [-0.1, -0.05) is 29.4 Å². The van der Waals surface area contributed by atoms with Crippen molar-refractivity contribution in [2.45, 2.75) is 26.4 Å². The molecular formula is C25H21FN4O5. The van der Waals surface area contributed by atoms with Crippen LogP contribution < -0.4 is 10.5 Å². The van der Waals surface area contributed by atoms with Crippen LogP contribution in [0.2, 0.25) is 0 Å². The zero-order chi connectivity index (χ0) is 24.9. The highest BCUT2D eigenvalue weighted by Gasteiger charge is 2.36. The van der Waals surface area contributed by atoms with Crippen LogP contribution in [0.3, 0.4) is 0 Å². The van der Waals surface area contributed by atoms with Gasteiger partial charge >= 0.3 is 5.97 Å². The number of nitrogens with two attached hydrogens (primary N) is 1. The Labute approximate surface area is 200 Å². The van der Waals surface area contributed by atoms with Crippen molar-refractivity contribution in [3.63, 3.8) is 0 Å². The van der Waals surface area contributed by atoms with E-state index in [0.29, 0.717) is 11.3 Å². The molecule has 2 N–H and O–H groups in total. The molecule has 1 aromatic heterocycles. The van der Waals surface area contributed by atoms with Crippen LogP contribution in [0.5, 0.6) is 5.75 Å². The molecule has 0 bridgehead atoms. The number of para-hydroxylation sites is 1. The Bertz CT molecular complexity index is 1360. The Morgan fingerprint density at radius 2 is 2.03 bits per heavy atom. The van der Waals surface area contributed by atoms with Gasteiger partial charge in [0.05, 0.1) is 23.7 Å². The summed E-state index contributed by atoms with van der Waals surface area (Å²) in [5.41, 5.74) is 6.44. The fourth-order valence-electron chi connectivity index (χ4n) is 3.67. The number of nitrogens with zero attached hydrogens (tertiary/aromatic N) is 3. The average Bonchev–Trinajstić information content (AvgIpc) is 3.32. The molecule has 4 rings (SSSR count). The minimum absolute atomic E-state index is 0.00118. The third-order valence-electron chi connectivity index (χ3n) is 5.24. The molecule has 1 atom stereocenters. The van der Waals surface area contributed by atoms with Crippen molar-refractivity contribution >= 4 is 5.97 Å². The Balaban J connectivity index is 1.69. The van der Waals surface area contributed by atoms with Gasteiger partial charge in [0.2, 0.25) is 11.7 Å². The number of benzene rings is 2. The number of halogens is 1. The van der Waals surface area contributed by atoms with Crippen molar-refractivity contribution in [1.29, 1.82) is 5.26 Å². The molecule has 2 heterocycles. The predicted molar refractivity (Wildman–Crippen MR) is 120 cm³/mol. The number of nitriles is 1. The molecule has 0 aliphatic carbocycles. The highest BCUT2D eigenvalue weighted by Crippen LogP contribution is 2.40. The van der Waals surface area contributed by atoms with E-state index in [4.69, 9.17) is 24.5 Å². The van der Waals surface area contributed by atoms with Crippen LogP contribution in [0.25, 0.3) is 11.4 Å². The van der Waals surface area contributed by atoms with Gasteiger partial charge in [-0.3, -0.25) is 0 Å². The largest absolute Gasteiger partial charge is 0.484 e. The normalized spacial score (nSPS) is 15.4. The molecule has 0 saturated heterocycles. The number of carbonyl (C=O) groups is 1. The van der Waals surface area contributed by atoms with Crippen LogP contribution in [-0.4, -0.2) is 22.7 Å². The van der Waals surface area contributed by atoms with E-state index in [-0.39, 0.29) is 53.3 Å². The van der Waals surface area contributed by atoms with Crippen LogP contribution in [0.4, 0.5) is 4.39 Å². The molecular weight excluding hydrogens is 455 g/mol. The minimum Gasteiger partial charge on any atom is -0.484 e. The number of aromatic nitrogens is 2. The quantitative estimate of drug-likeness (QED) is 0.500. The third kappa shape index (κ3) is 4.84. The second kappa shape index (κ2) is 10.1. The maximum Gasteiger partial charge on any atom is 0.338 e. The van der Waals surface area contributed by atoms with Gasteiger partial charge in [-0.05, 0) is 43.7 Å². The summed E-state index contributed by atoms with van der Waals surface area (Å²) in [5, 5.41) is 13.6. The summed E-state index contributed by atoms with van der Waals surface area (Å²) >= 11 is 0. The fraction of sp³-hybridized carbons (Fsp3) is 0.200. The maximum absolute atomic E-state index is 14.8. The molecule has 9 nitrogen and oxygen atoms in total. The van der Waals surface area contributed by atoms with Crippen LogP contribution in [-0.2, 0) is 20.9 Å². The topological polar surface area (TPSA) is 133 Å². The van der Waals surface area contributed by atoms with Gasteiger partial charge in [-0.2, -0.15) is 10.2 Å². The van der Waals surface area contributed by atoms with Crippen molar-refractivity contribution in [2.24, 2.45) is 5.73 Å². The zero-order valence-electron chi connectivity index (χ0n) is 18.9. The molecule has 2 aromatic carbocycles. The monoisotopic (exact) mass is 476 g/mol. The number of rotatable bonds is 7. The molecule has 0 spiro atoms. The molecule has 178 valence electrons. The standard InChI is InChI=1S/C25H21FN4O5/c1-3-32-25(31)21-14(2)34-23(28)18(12-27)22(21)15-9-10-19(26)17(11-15)24-29-20(35-30-24)13-33-16-7-5-4-6-8-16/h4-11,22H,3,13,28H2,1-2H3. The number of hydrogen-bond donors (Lipinski definition) is 1. The lowest BCUT2D eigenvalue weighted by molar-refractivity contribution is -0.139. The fourth-order valence-corrected chi connectivity index (χ4v) is 3.67. The first kappa shape index (κ1) is 23.5. The number of hydrogen-bond acceptors (Lipinski definition) is 9. The molecule has 1 unspecified atom stereocenters. The zero-order valence-corrected chi connectivity index (χ0v) is 18.9. The van der Waals surface area contributed by atoms with E-state index in [1.54, 1.807) is 26.0 Å². The highest BCUT2D eigenvalue weighted by molar-refractivity contribution is 5.92. The summed E-state index contributed by atoms with van der Waals surface area (Å²) in [5.74, 6) is -1.43. The van der Waals surface area contributed by atoms with Gasteiger partial charge in [0.1, 0.15) is 29.0 Å². The van der Waals surface area contributed by atoms with E-state index in [9.17, 15) is 14.4 Å². The maximum atomic E-state index is 14.8. The molecule has 0 fully saturated rings. The van der Waals surface area contributed by atoms with Gasteiger partial charge in [0.15, 0.2) is 6.61 Å². The predicted octanol–water partition coefficient (Wildman–Crippen LogP) is 4.10. The SMILES string of the molecule is CCOC(=O)C1=C(C)OC(N)=C(C#N)C1c1ccc(F)c(-c2noc(COc3ccccc3)n2)c1. The van der Waals surface area contributed by atoms with Gasteiger partial charge in [0.25, 0.3) is 5.89 Å². The van der Waals surface area contributed by atoms with E-state index < -0.39 is 17.7 Å². The minimum atomic E-state index is -0.931. The Kier molecular flexibility index (Phi) is 6.78. The van der Waals surface area contributed by atoms with Crippen LogP contribution >= 0.6 is 0 Å². The van der Waals surface area contributed by atoms with Crippen molar-refractivity contribution in [2.75, 3.05) is 6.61 Å². The molecule has 0 radical (unpaired) electrons. The summed E-state index contributed by atoms with van der Waals surface area (Å²) in [6.07, 6.45) is 0. The first-order chi connectivity index (χ1) is 16.9. The number of ether oxygens (including phenoxy) is 3. The Morgan fingerprint density at radius 1 is 1.26 bits per heavy atom. The average molecular weight is 476 g/mol. The van der Waals surface area contributed by atoms with Crippen molar-refractivity contribution in [3.8, 4) is 23.2 Å². The van der Waals surface area contributed by atoms with Crippen molar-refractivity contribution in [1.82, 2.24) is 10.1 Å². The second-order valence-electron chi connectivity index (χ2n) is 7.47. The molecule has 1 aliphatic heterocycles. The lowest BCUT2D eigenvalue weighted by atomic mass is 9.82. The van der Waals surface area contributed by atoms with Gasteiger partial charge in [0, 0.05) is 0 Å². The molecule has 3 aromatic rings. The third-order valence-corrected chi connectivity index (χ3v) is 5.24. The van der Waals surface area contributed by atoms with Crippen molar-refractivity contribution < 1.29 is 27.9 Å². The van der Waals surface area contributed by atoms with Gasteiger partial charge in [-0.15, -0.1) is 0 Å². The number of allylic oxidation sites excluding steroid dienone is 2. The Hall–Kier alpha value is -4.65. The number of carbonyl (C=O) groups excluding carboxylic acids is 1. The highest BCUT2D eigenvalue weighted by atomic mass is 19.1. The summed E-state index contributed by atoms with van der Waals surface area (Å²) in [4.78, 5) is 16.9. The van der Waals surface area contributed by atoms with E-state index in [1.807, 2.05) is 24.3 Å². The van der Waals surface area contributed by atoms with Gasteiger partial charge < -0.3 is 24.5 Å². The second-order valence-corrected chi connectivity index (χ2v) is 7.47. The van der Waals surface area contributed by atoms with Crippen LogP contribution in [0.1, 0.15) is 31.2 Å². The first-order valence-electron chi connectivity index (χ1n) is 10.7. The first-order valence-corrected chi connectivity index (χ1v) is 10.7. The molecule has 1 aliphatic rings. The number of esters is 1. The van der Waals surface area contributed by atoms with E-state index >= 15 is 0 Å². The summed E-state index contributed by atoms with van der Waals surface area (Å²) in [7, 11) is 0. The molecule has 35 heavy (non-hydrogen) atoms. The van der Waals surface area contributed by atoms with E-state index in [2.05, 4.69) is 10.1 Å². The van der Waals surface area contributed by atoms with E-state index in [1.165, 1.54) is 18.2 Å². The van der Waals surface area contributed by atoms with Crippen LogP contribution in [0, 0.1) is 17.1 Å². The molecule has 10 heteroatoms.